The average molecular weight is 377 g/mol. The van der Waals surface area contributed by atoms with Crippen molar-refractivity contribution in [1.82, 2.24) is 30.4 Å². The molecule has 0 aliphatic heterocycles. The van der Waals surface area contributed by atoms with Gasteiger partial charge in [-0.05, 0) is 26.4 Å². The van der Waals surface area contributed by atoms with Crippen LogP contribution in [0.25, 0.3) is 0 Å². The number of rotatable bonds is 4. The summed E-state index contributed by atoms with van der Waals surface area (Å²) in [7, 11) is 0. The number of thioether (sulfide) groups is 2. The second-order valence-corrected chi connectivity index (χ2v) is 5.86. The Bertz CT molecular complexity index is 498. The Morgan fingerprint density at radius 2 is 1.13 bits per heavy atom. The van der Waals surface area contributed by atoms with Gasteiger partial charge in [-0.1, -0.05) is 23.5 Å². The van der Waals surface area contributed by atoms with E-state index in [4.69, 9.17) is 11.5 Å². The highest BCUT2D eigenvalue weighted by Crippen LogP contribution is 2.08. The zero-order valence-electron chi connectivity index (χ0n) is 13.4. The predicted octanol–water partition coefficient (Wildman–Crippen LogP) is 1.65. The maximum atomic E-state index is 5.56. The van der Waals surface area contributed by atoms with Crippen LogP contribution in [0, 0.1) is 0 Å². The Morgan fingerprint density at radius 3 is 1.30 bits per heavy atom. The molecule has 2 aromatic rings. The highest BCUT2D eigenvalue weighted by molar-refractivity contribution is 7.98. The number of hydrogen-bond acceptors (Lipinski definition) is 10. The van der Waals surface area contributed by atoms with Crippen molar-refractivity contribution in [3.63, 3.8) is 0 Å². The summed E-state index contributed by atoms with van der Waals surface area (Å²) in [6, 6.07) is -0.184. The van der Waals surface area contributed by atoms with Crippen LogP contribution in [0.1, 0.15) is 37.3 Å². The summed E-state index contributed by atoms with van der Waals surface area (Å²) in [5, 5.41) is 16.8. The lowest BCUT2D eigenvalue weighted by molar-refractivity contribution is 0.704. The minimum Gasteiger partial charge on any atom is -0.323 e. The van der Waals surface area contributed by atoms with Gasteiger partial charge in [-0.2, -0.15) is 0 Å². The van der Waals surface area contributed by atoms with Crippen LogP contribution in [0.3, 0.4) is 0 Å². The van der Waals surface area contributed by atoms with Crippen LogP contribution in [0.15, 0.2) is 22.7 Å². The maximum Gasteiger partial charge on any atom is 0.208 e. The monoisotopic (exact) mass is 376 g/mol. The first kappa shape index (κ1) is 21.9. The Morgan fingerprint density at radius 1 is 0.783 bits per heavy atom. The lowest BCUT2D eigenvalue weighted by Crippen LogP contribution is -2.09. The van der Waals surface area contributed by atoms with Gasteiger partial charge in [0.2, 0.25) is 10.3 Å². The first-order chi connectivity index (χ1) is 10.5. The fourth-order valence-electron chi connectivity index (χ4n) is 1.15. The van der Waals surface area contributed by atoms with Gasteiger partial charge in [0.25, 0.3) is 0 Å². The van der Waals surface area contributed by atoms with Crippen LogP contribution in [0.5, 0.6) is 0 Å². The molecular weight excluding hydrogens is 356 g/mol. The number of hydrogen-bond donors (Lipinski definition) is 2. The number of nitrogens with two attached hydrogens (primary N) is 2. The van der Waals surface area contributed by atoms with Crippen molar-refractivity contribution in [3.8, 4) is 0 Å². The molecule has 2 rings (SSSR count). The summed E-state index contributed by atoms with van der Waals surface area (Å²) in [6.45, 7) is 3.70. The van der Waals surface area contributed by atoms with Crippen molar-refractivity contribution in [2.45, 2.75) is 36.2 Å². The van der Waals surface area contributed by atoms with Gasteiger partial charge in [-0.15, -0.1) is 32.8 Å². The van der Waals surface area contributed by atoms with Gasteiger partial charge in [0.15, 0.2) is 0 Å². The minimum absolute atomic E-state index is 0. The quantitative estimate of drug-likeness (QED) is 0.759. The van der Waals surface area contributed by atoms with E-state index in [1.807, 2.05) is 26.4 Å². The molecule has 0 aliphatic carbocycles. The summed E-state index contributed by atoms with van der Waals surface area (Å²) in [5.41, 5.74) is 12.6. The van der Waals surface area contributed by atoms with Gasteiger partial charge in [0.05, 0.1) is 23.8 Å². The molecule has 2 atom stereocenters. The molecule has 2 unspecified atom stereocenters. The summed E-state index contributed by atoms with van der Waals surface area (Å²) in [4.78, 5) is 8.06. The molecule has 0 spiro atoms. The van der Waals surface area contributed by atoms with Crippen LogP contribution < -0.4 is 11.5 Å². The largest absolute Gasteiger partial charge is 0.323 e. The summed E-state index contributed by atoms with van der Waals surface area (Å²) in [5.74, 6) is 0. The van der Waals surface area contributed by atoms with E-state index in [0.29, 0.717) is 10.3 Å². The van der Waals surface area contributed by atoms with Crippen LogP contribution in [-0.4, -0.2) is 42.9 Å². The first-order valence-electron chi connectivity index (χ1n) is 6.46. The van der Waals surface area contributed by atoms with Crippen LogP contribution >= 0.6 is 35.9 Å². The van der Waals surface area contributed by atoms with E-state index in [0.717, 1.165) is 11.4 Å². The minimum atomic E-state index is -0.0918. The Hall–Kier alpha value is -1.07. The fraction of sp³-hybridized carbons (Fsp3) is 0.500. The fourth-order valence-corrected chi connectivity index (χ4v) is 1.71. The molecule has 128 valence electrons. The van der Waals surface area contributed by atoms with Crippen LogP contribution in [0.2, 0.25) is 0 Å². The van der Waals surface area contributed by atoms with Gasteiger partial charge in [-0.3, -0.25) is 0 Å². The van der Waals surface area contributed by atoms with Crippen molar-refractivity contribution in [2.24, 2.45) is 11.5 Å². The Balaban J connectivity index is 0.000000403. The molecule has 0 fully saturated rings. The number of nitrogens with zero attached hydrogens (tertiary/aromatic N) is 6. The van der Waals surface area contributed by atoms with Gasteiger partial charge >= 0.3 is 0 Å². The van der Waals surface area contributed by atoms with Crippen molar-refractivity contribution in [2.75, 3.05) is 12.5 Å². The molecule has 0 radical (unpaired) electrons. The van der Waals surface area contributed by atoms with Gasteiger partial charge < -0.3 is 11.5 Å². The maximum absolute atomic E-state index is 5.56. The summed E-state index contributed by atoms with van der Waals surface area (Å²) >= 11 is 2.93. The van der Waals surface area contributed by atoms with E-state index >= 15 is 0 Å². The number of aromatic nitrogens is 6. The molecule has 2 aromatic heterocycles. The second-order valence-electron chi connectivity index (χ2n) is 4.32. The Kier molecular flexibility index (Phi) is 10.9. The van der Waals surface area contributed by atoms with Gasteiger partial charge in [-0.25, -0.2) is 9.97 Å². The SMILES string of the molecule is CSc1ncc(C(C)N)nn1.CSc1ncc(C(C)N)nn1.Cl. The molecule has 8 nitrogen and oxygen atoms in total. The van der Waals surface area contributed by atoms with Gasteiger partial charge in [0.1, 0.15) is 0 Å². The molecule has 4 N–H and O–H groups in total. The molecule has 0 saturated heterocycles. The molecule has 0 amide bonds. The van der Waals surface area contributed by atoms with Crippen LogP contribution in [0.4, 0.5) is 0 Å². The molecular formula is C12H21ClN8S2. The van der Waals surface area contributed by atoms with Crippen molar-refractivity contribution < 1.29 is 0 Å². The third-order valence-corrected chi connectivity index (χ3v) is 3.52. The summed E-state index contributed by atoms with van der Waals surface area (Å²) < 4.78 is 0. The van der Waals surface area contributed by atoms with Crippen molar-refractivity contribution >= 4 is 35.9 Å². The highest BCUT2D eigenvalue weighted by atomic mass is 35.5. The third-order valence-electron chi connectivity index (χ3n) is 2.41. The van der Waals surface area contributed by atoms with Gasteiger partial charge in [0, 0.05) is 12.1 Å². The van der Waals surface area contributed by atoms with E-state index in [-0.39, 0.29) is 24.5 Å². The number of halogens is 1. The lowest BCUT2D eigenvalue weighted by atomic mass is 10.3. The average Bonchev–Trinajstić information content (AvgIpc) is 2.55. The lowest BCUT2D eigenvalue weighted by Gasteiger charge is -2.01. The first-order valence-corrected chi connectivity index (χ1v) is 8.91. The van der Waals surface area contributed by atoms with E-state index in [2.05, 4.69) is 30.4 Å². The van der Waals surface area contributed by atoms with E-state index < -0.39 is 0 Å². The smallest absolute Gasteiger partial charge is 0.208 e. The molecule has 23 heavy (non-hydrogen) atoms. The molecule has 0 bridgehead atoms. The zero-order chi connectivity index (χ0) is 16.5. The van der Waals surface area contributed by atoms with Crippen molar-refractivity contribution in [1.29, 1.82) is 0 Å². The summed E-state index contributed by atoms with van der Waals surface area (Å²) in [6.07, 6.45) is 7.12. The van der Waals surface area contributed by atoms with E-state index in [9.17, 15) is 0 Å². The van der Waals surface area contributed by atoms with E-state index in [1.54, 1.807) is 12.4 Å². The predicted molar refractivity (Wildman–Crippen MR) is 95.7 cm³/mol. The standard InChI is InChI=1S/2C6H10N4S.ClH/c2*1-4(7)5-3-8-6(11-2)10-9-5;/h2*3-4H,7H2,1-2H3;1H. The van der Waals surface area contributed by atoms with Crippen LogP contribution in [-0.2, 0) is 0 Å². The molecule has 0 aromatic carbocycles. The normalized spacial score (nSPS) is 12.4. The molecule has 0 aliphatic rings. The van der Waals surface area contributed by atoms with Crippen molar-refractivity contribution in [3.05, 3.63) is 23.8 Å². The molecule has 11 heteroatoms. The zero-order valence-corrected chi connectivity index (χ0v) is 15.8. The second kappa shape index (κ2) is 11.5. The third kappa shape index (κ3) is 7.84. The van der Waals surface area contributed by atoms with E-state index in [1.165, 1.54) is 23.5 Å². The highest BCUT2D eigenvalue weighted by Gasteiger charge is 2.02. The topological polar surface area (TPSA) is 129 Å². The molecule has 2 heterocycles. The Labute approximate surface area is 150 Å². The molecule has 0 saturated carbocycles.